The first-order valence-corrected chi connectivity index (χ1v) is 6.96. The molecule has 0 heterocycles. The molecular formula is C18H23N. The minimum absolute atomic E-state index is 0.357. The molecule has 1 nitrogen and oxygen atoms in total. The standard InChI is InChI=1S/C18H23N/c1-13-10-11-18(14(2)12-13)16(4)19-15(3)17-8-6-5-7-9-17/h5-12,15-16,19H,1-4H3. The summed E-state index contributed by atoms with van der Waals surface area (Å²) in [4.78, 5) is 0. The molecular weight excluding hydrogens is 230 g/mol. The molecule has 1 N–H and O–H groups in total. The van der Waals surface area contributed by atoms with Crippen molar-refractivity contribution in [1.82, 2.24) is 5.32 Å². The molecule has 0 radical (unpaired) electrons. The van der Waals surface area contributed by atoms with E-state index in [9.17, 15) is 0 Å². The molecule has 0 amide bonds. The molecule has 0 fully saturated rings. The van der Waals surface area contributed by atoms with Gasteiger partial charge >= 0.3 is 0 Å². The zero-order valence-electron chi connectivity index (χ0n) is 12.3. The van der Waals surface area contributed by atoms with Crippen molar-refractivity contribution in [3.05, 3.63) is 70.8 Å². The van der Waals surface area contributed by atoms with Crippen molar-refractivity contribution < 1.29 is 0 Å². The summed E-state index contributed by atoms with van der Waals surface area (Å²) in [6.45, 7) is 8.78. The van der Waals surface area contributed by atoms with Crippen LogP contribution in [0.15, 0.2) is 48.5 Å². The lowest BCUT2D eigenvalue weighted by Gasteiger charge is -2.22. The lowest BCUT2D eigenvalue weighted by Crippen LogP contribution is -2.23. The number of aryl methyl sites for hydroxylation is 2. The van der Waals surface area contributed by atoms with E-state index in [0.29, 0.717) is 12.1 Å². The fraction of sp³-hybridized carbons (Fsp3) is 0.333. The second kappa shape index (κ2) is 6.03. The smallest absolute Gasteiger partial charge is 0.0300 e. The minimum Gasteiger partial charge on any atom is -0.304 e. The number of nitrogens with one attached hydrogen (secondary N) is 1. The monoisotopic (exact) mass is 253 g/mol. The minimum atomic E-state index is 0.357. The quantitative estimate of drug-likeness (QED) is 0.831. The zero-order valence-corrected chi connectivity index (χ0v) is 12.3. The van der Waals surface area contributed by atoms with Crippen LogP contribution >= 0.6 is 0 Å². The van der Waals surface area contributed by atoms with E-state index >= 15 is 0 Å². The van der Waals surface area contributed by atoms with Crippen molar-refractivity contribution in [2.45, 2.75) is 39.8 Å². The Bertz CT molecular complexity index is 531. The Morgan fingerprint density at radius 3 is 2.16 bits per heavy atom. The van der Waals surface area contributed by atoms with Crippen molar-refractivity contribution >= 4 is 0 Å². The molecule has 2 aromatic carbocycles. The molecule has 0 aliphatic rings. The molecule has 0 aliphatic carbocycles. The van der Waals surface area contributed by atoms with Gasteiger partial charge in [0.05, 0.1) is 0 Å². The highest BCUT2D eigenvalue weighted by atomic mass is 14.9. The van der Waals surface area contributed by atoms with E-state index < -0.39 is 0 Å². The van der Waals surface area contributed by atoms with Crippen molar-refractivity contribution in [2.24, 2.45) is 0 Å². The number of hydrogen-bond acceptors (Lipinski definition) is 1. The molecule has 2 unspecified atom stereocenters. The third kappa shape index (κ3) is 3.45. The molecule has 19 heavy (non-hydrogen) atoms. The Labute approximate surface area is 116 Å². The van der Waals surface area contributed by atoms with Gasteiger partial charge in [-0.2, -0.15) is 0 Å². The fourth-order valence-electron chi connectivity index (χ4n) is 2.61. The molecule has 1 heteroatoms. The summed E-state index contributed by atoms with van der Waals surface area (Å²) in [5, 5.41) is 3.67. The Hall–Kier alpha value is -1.60. The molecule has 0 saturated carbocycles. The van der Waals surface area contributed by atoms with Gasteiger partial charge < -0.3 is 5.32 Å². The predicted octanol–water partition coefficient (Wildman–Crippen LogP) is 4.72. The molecule has 2 rings (SSSR count). The van der Waals surface area contributed by atoms with Gasteiger partial charge in [0.25, 0.3) is 0 Å². The molecule has 0 aromatic heterocycles. The molecule has 0 bridgehead atoms. The third-order valence-electron chi connectivity index (χ3n) is 3.69. The summed E-state index contributed by atoms with van der Waals surface area (Å²) in [6.07, 6.45) is 0. The largest absolute Gasteiger partial charge is 0.304 e. The van der Waals surface area contributed by atoms with Crippen LogP contribution in [0.2, 0.25) is 0 Å². The third-order valence-corrected chi connectivity index (χ3v) is 3.69. The van der Waals surface area contributed by atoms with Crippen molar-refractivity contribution in [1.29, 1.82) is 0 Å². The van der Waals surface area contributed by atoms with Crippen LogP contribution in [-0.4, -0.2) is 0 Å². The molecule has 0 spiro atoms. The van der Waals surface area contributed by atoms with Crippen LogP contribution in [-0.2, 0) is 0 Å². The summed E-state index contributed by atoms with van der Waals surface area (Å²) in [5.74, 6) is 0. The lowest BCUT2D eigenvalue weighted by molar-refractivity contribution is 0.493. The Kier molecular flexibility index (Phi) is 4.39. The Morgan fingerprint density at radius 2 is 1.53 bits per heavy atom. The first-order valence-electron chi connectivity index (χ1n) is 6.96. The summed E-state index contributed by atoms with van der Waals surface area (Å²) < 4.78 is 0. The Balaban J connectivity index is 2.10. The SMILES string of the molecule is Cc1ccc(C(C)NC(C)c2ccccc2)c(C)c1. The normalized spacial score (nSPS) is 14.1. The second-order valence-electron chi connectivity index (χ2n) is 5.38. The maximum Gasteiger partial charge on any atom is 0.0300 e. The van der Waals surface area contributed by atoms with Gasteiger partial charge in [0.2, 0.25) is 0 Å². The van der Waals surface area contributed by atoms with Crippen LogP contribution < -0.4 is 5.32 Å². The first-order chi connectivity index (χ1) is 9.08. The van der Waals surface area contributed by atoms with Crippen LogP contribution in [0.3, 0.4) is 0 Å². The summed E-state index contributed by atoms with van der Waals surface area (Å²) >= 11 is 0. The number of benzene rings is 2. The molecule has 2 atom stereocenters. The average Bonchev–Trinajstić information content (AvgIpc) is 2.39. The van der Waals surface area contributed by atoms with Gasteiger partial charge in [0.15, 0.2) is 0 Å². The zero-order chi connectivity index (χ0) is 13.8. The van der Waals surface area contributed by atoms with E-state index in [2.05, 4.69) is 81.5 Å². The van der Waals surface area contributed by atoms with Gasteiger partial charge in [-0.1, -0.05) is 54.1 Å². The van der Waals surface area contributed by atoms with E-state index in [4.69, 9.17) is 0 Å². The van der Waals surface area contributed by atoms with E-state index in [-0.39, 0.29) is 0 Å². The van der Waals surface area contributed by atoms with Gasteiger partial charge in [0.1, 0.15) is 0 Å². The number of hydrogen-bond donors (Lipinski definition) is 1. The molecule has 2 aromatic rings. The predicted molar refractivity (Wildman–Crippen MR) is 82.3 cm³/mol. The van der Waals surface area contributed by atoms with Crippen molar-refractivity contribution in [3.63, 3.8) is 0 Å². The highest BCUT2D eigenvalue weighted by Gasteiger charge is 2.12. The molecule has 0 aliphatic heterocycles. The maximum absolute atomic E-state index is 3.67. The average molecular weight is 253 g/mol. The van der Waals surface area contributed by atoms with Crippen LogP contribution in [0.5, 0.6) is 0 Å². The van der Waals surface area contributed by atoms with Crippen LogP contribution in [0.1, 0.15) is 48.2 Å². The lowest BCUT2D eigenvalue weighted by atomic mass is 9.99. The fourth-order valence-corrected chi connectivity index (χ4v) is 2.61. The van der Waals surface area contributed by atoms with E-state index in [1.807, 2.05) is 0 Å². The van der Waals surface area contributed by atoms with Gasteiger partial charge in [-0.25, -0.2) is 0 Å². The maximum atomic E-state index is 3.67. The summed E-state index contributed by atoms with van der Waals surface area (Å²) in [7, 11) is 0. The van der Waals surface area contributed by atoms with E-state index in [1.165, 1.54) is 22.3 Å². The first kappa shape index (κ1) is 13.8. The van der Waals surface area contributed by atoms with Gasteiger partial charge in [0, 0.05) is 12.1 Å². The van der Waals surface area contributed by atoms with Gasteiger partial charge in [-0.15, -0.1) is 0 Å². The highest BCUT2D eigenvalue weighted by Crippen LogP contribution is 2.22. The van der Waals surface area contributed by atoms with Crippen LogP contribution in [0.25, 0.3) is 0 Å². The highest BCUT2D eigenvalue weighted by molar-refractivity contribution is 5.32. The van der Waals surface area contributed by atoms with Crippen LogP contribution in [0.4, 0.5) is 0 Å². The Morgan fingerprint density at radius 1 is 0.842 bits per heavy atom. The number of rotatable bonds is 4. The van der Waals surface area contributed by atoms with Crippen molar-refractivity contribution in [2.75, 3.05) is 0 Å². The van der Waals surface area contributed by atoms with E-state index in [0.717, 1.165) is 0 Å². The van der Waals surface area contributed by atoms with Crippen LogP contribution in [0, 0.1) is 13.8 Å². The van der Waals surface area contributed by atoms with Gasteiger partial charge in [-0.3, -0.25) is 0 Å². The van der Waals surface area contributed by atoms with Gasteiger partial charge in [-0.05, 0) is 44.4 Å². The van der Waals surface area contributed by atoms with E-state index in [1.54, 1.807) is 0 Å². The van der Waals surface area contributed by atoms with Crippen molar-refractivity contribution in [3.8, 4) is 0 Å². The second-order valence-corrected chi connectivity index (χ2v) is 5.38. The topological polar surface area (TPSA) is 12.0 Å². The molecule has 0 saturated heterocycles. The summed E-state index contributed by atoms with van der Waals surface area (Å²) in [5.41, 5.74) is 5.40. The molecule has 100 valence electrons. The summed E-state index contributed by atoms with van der Waals surface area (Å²) in [6, 6.07) is 18.0.